The molecule has 5 atom stereocenters. The van der Waals surface area contributed by atoms with Crippen molar-refractivity contribution in [2.45, 2.75) is 32.0 Å². The van der Waals surface area contributed by atoms with Crippen LogP contribution in [0.2, 0.25) is 0 Å². The van der Waals surface area contributed by atoms with Gasteiger partial charge in [-0.1, -0.05) is 0 Å². The van der Waals surface area contributed by atoms with Crippen LogP contribution < -0.4 is 0 Å². The molecule has 0 N–H and O–H groups in total. The van der Waals surface area contributed by atoms with Crippen LogP contribution >= 0.6 is 0 Å². The lowest BCUT2D eigenvalue weighted by atomic mass is 9.38. The Labute approximate surface area is 126 Å². The quantitative estimate of drug-likeness (QED) is 0.615. The second-order valence-electron chi connectivity index (χ2n) is 6.56. The highest BCUT2D eigenvalue weighted by atomic mass is 16.6. The second-order valence-corrected chi connectivity index (χ2v) is 6.56. The Kier molecular flexibility index (Phi) is 2.94. The molecule has 7 nitrogen and oxygen atoms in total. The lowest BCUT2D eigenvalue weighted by Gasteiger charge is -2.68. The third kappa shape index (κ3) is 1.85. The molecule has 1 aromatic carbocycles. The van der Waals surface area contributed by atoms with Crippen LogP contribution in [0.4, 0.5) is 11.4 Å². The second kappa shape index (κ2) is 4.74. The van der Waals surface area contributed by atoms with Gasteiger partial charge in [0.15, 0.2) is 0 Å². The average Bonchev–Trinajstić information content (AvgIpc) is 2.46. The first-order valence-corrected chi connectivity index (χ1v) is 7.59. The summed E-state index contributed by atoms with van der Waals surface area (Å²) in [6, 6.07) is 3.73. The minimum absolute atomic E-state index is 0.152. The van der Waals surface area contributed by atoms with E-state index in [9.17, 15) is 20.2 Å². The SMILES string of the molecule is O=[N+]([O-])c1ccc(CO[C@@H]2C[C@@H]3[C@@H]4CC[C@H]4[C@H]32)c([N+](=O)[O-])c1. The molecule has 3 fully saturated rings. The number of hydrogen-bond acceptors (Lipinski definition) is 5. The lowest BCUT2D eigenvalue weighted by molar-refractivity contribution is -0.394. The maximum absolute atomic E-state index is 11.1. The van der Waals surface area contributed by atoms with E-state index < -0.39 is 9.85 Å². The Morgan fingerprint density at radius 1 is 1.09 bits per heavy atom. The maximum atomic E-state index is 11.1. The van der Waals surface area contributed by atoms with Crippen molar-refractivity contribution in [2.75, 3.05) is 0 Å². The van der Waals surface area contributed by atoms with Gasteiger partial charge in [0, 0.05) is 6.07 Å². The summed E-state index contributed by atoms with van der Waals surface area (Å²) < 4.78 is 5.87. The number of benzene rings is 1. The molecule has 4 rings (SSSR count). The predicted molar refractivity (Wildman–Crippen MR) is 76.1 cm³/mol. The molecule has 7 heteroatoms. The van der Waals surface area contributed by atoms with Crippen molar-refractivity contribution in [3.63, 3.8) is 0 Å². The zero-order valence-corrected chi connectivity index (χ0v) is 11.9. The van der Waals surface area contributed by atoms with E-state index in [0.29, 0.717) is 11.5 Å². The van der Waals surface area contributed by atoms with Crippen molar-refractivity contribution in [2.24, 2.45) is 23.7 Å². The highest BCUT2D eigenvalue weighted by molar-refractivity contribution is 5.48. The molecule has 116 valence electrons. The normalized spacial score (nSPS) is 34.5. The summed E-state index contributed by atoms with van der Waals surface area (Å²) in [6.45, 7) is 0.152. The van der Waals surface area contributed by atoms with E-state index in [-0.39, 0.29) is 24.1 Å². The summed E-state index contributed by atoms with van der Waals surface area (Å²) in [5.41, 5.74) is -0.0980. The van der Waals surface area contributed by atoms with Crippen molar-refractivity contribution < 1.29 is 14.6 Å². The summed E-state index contributed by atoms with van der Waals surface area (Å²) in [7, 11) is 0. The van der Waals surface area contributed by atoms with Crippen LogP contribution in [0.15, 0.2) is 18.2 Å². The van der Waals surface area contributed by atoms with Crippen molar-refractivity contribution >= 4 is 11.4 Å². The number of hydrogen-bond donors (Lipinski definition) is 0. The molecule has 0 saturated heterocycles. The zero-order valence-electron chi connectivity index (χ0n) is 11.9. The standard InChI is InChI=1S/C15H16N2O5/c18-16(19)9-2-1-8(13(5-9)17(20)21)7-22-14-6-12-10-3-4-11(10)15(12)14/h1-2,5,10-12,14-15H,3-4,6-7H2/t10-,11-,12-,14-,15-/m1/s1. The van der Waals surface area contributed by atoms with Crippen molar-refractivity contribution in [1.29, 1.82) is 0 Å². The summed E-state index contributed by atoms with van der Waals surface area (Å²) in [5.74, 6) is 3.20. The fraction of sp³-hybridized carbons (Fsp3) is 0.600. The molecular weight excluding hydrogens is 288 g/mol. The summed E-state index contributed by atoms with van der Waals surface area (Å²) >= 11 is 0. The molecule has 0 spiro atoms. The van der Waals surface area contributed by atoms with E-state index in [1.54, 1.807) is 0 Å². The van der Waals surface area contributed by atoms with Crippen LogP contribution in [0, 0.1) is 43.9 Å². The maximum Gasteiger partial charge on any atom is 0.281 e. The molecule has 3 aliphatic carbocycles. The number of nitro benzene ring substituents is 2. The summed E-state index contributed by atoms with van der Waals surface area (Å²) in [6.07, 6.45) is 3.92. The third-order valence-corrected chi connectivity index (χ3v) is 5.79. The molecule has 3 aliphatic rings. The van der Waals surface area contributed by atoms with E-state index >= 15 is 0 Å². The predicted octanol–water partition coefficient (Wildman–Crippen LogP) is 3.06. The molecule has 0 bridgehead atoms. The van der Waals surface area contributed by atoms with Crippen LogP contribution in [0.3, 0.4) is 0 Å². The molecule has 1 aromatic rings. The van der Waals surface area contributed by atoms with Gasteiger partial charge in [0.2, 0.25) is 0 Å². The first-order chi connectivity index (χ1) is 10.6. The third-order valence-electron chi connectivity index (χ3n) is 5.79. The Morgan fingerprint density at radius 3 is 2.45 bits per heavy atom. The Hall–Kier alpha value is -2.02. The van der Waals surface area contributed by atoms with Crippen molar-refractivity contribution in [3.8, 4) is 0 Å². The number of non-ortho nitro benzene ring substituents is 1. The molecule has 0 radical (unpaired) electrons. The van der Waals surface area contributed by atoms with Gasteiger partial charge >= 0.3 is 0 Å². The van der Waals surface area contributed by atoms with E-state index in [1.165, 1.54) is 25.0 Å². The smallest absolute Gasteiger partial charge is 0.281 e. The minimum atomic E-state index is -0.626. The van der Waals surface area contributed by atoms with Gasteiger partial charge in [0.25, 0.3) is 11.4 Å². The number of nitrogens with zero attached hydrogens (tertiary/aromatic N) is 2. The van der Waals surface area contributed by atoms with Crippen LogP contribution in [-0.4, -0.2) is 16.0 Å². The van der Waals surface area contributed by atoms with Crippen molar-refractivity contribution in [3.05, 3.63) is 44.0 Å². The average molecular weight is 304 g/mol. The van der Waals surface area contributed by atoms with E-state index in [2.05, 4.69) is 0 Å². The largest absolute Gasteiger partial charge is 0.373 e. The van der Waals surface area contributed by atoms with Crippen LogP contribution in [0.25, 0.3) is 0 Å². The first kappa shape index (κ1) is 13.6. The number of ether oxygens (including phenoxy) is 1. The number of nitro groups is 2. The molecule has 3 saturated carbocycles. The fourth-order valence-corrected chi connectivity index (χ4v) is 4.47. The molecule has 0 unspecified atom stereocenters. The molecule has 0 aliphatic heterocycles. The van der Waals surface area contributed by atoms with E-state index in [0.717, 1.165) is 30.2 Å². The van der Waals surface area contributed by atoms with Crippen molar-refractivity contribution in [1.82, 2.24) is 0 Å². The highest BCUT2D eigenvalue weighted by Crippen LogP contribution is 2.67. The summed E-state index contributed by atoms with van der Waals surface area (Å²) in [5, 5.41) is 21.8. The lowest BCUT2D eigenvalue weighted by Crippen LogP contribution is -2.65. The van der Waals surface area contributed by atoms with Gasteiger partial charge in [-0.3, -0.25) is 20.2 Å². The Balaban J connectivity index is 1.44. The monoisotopic (exact) mass is 304 g/mol. The van der Waals surface area contributed by atoms with E-state index in [4.69, 9.17) is 4.74 Å². The van der Waals surface area contributed by atoms with Gasteiger partial charge in [-0.05, 0) is 49.0 Å². The van der Waals surface area contributed by atoms with E-state index in [1.807, 2.05) is 0 Å². The molecule has 0 amide bonds. The van der Waals surface area contributed by atoms with Gasteiger partial charge in [0.05, 0.1) is 34.2 Å². The van der Waals surface area contributed by atoms with Gasteiger partial charge in [-0.2, -0.15) is 0 Å². The fourth-order valence-electron chi connectivity index (χ4n) is 4.47. The van der Waals surface area contributed by atoms with Crippen LogP contribution in [0.1, 0.15) is 24.8 Å². The van der Waals surface area contributed by atoms with Crippen LogP contribution in [-0.2, 0) is 11.3 Å². The number of rotatable bonds is 5. The summed E-state index contributed by atoms with van der Waals surface area (Å²) in [4.78, 5) is 20.6. The molecular formula is C15H16N2O5. The minimum Gasteiger partial charge on any atom is -0.373 e. The topological polar surface area (TPSA) is 95.5 Å². The number of fused-ring (bicyclic) bond motifs is 4. The van der Waals surface area contributed by atoms with Gasteiger partial charge in [-0.25, -0.2) is 0 Å². The van der Waals surface area contributed by atoms with Gasteiger partial charge < -0.3 is 4.74 Å². The molecule has 0 heterocycles. The first-order valence-electron chi connectivity index (χ1n) is 7.59. The van der Waals surface area contributed by atoms with Gasteiger partial charge in [0.1, 0.15) is 0 Å². The Morgan fingerprint density at radius 2 is 1.86 bits per heavy atom. The van der Waals surface area contributed by atoms with Crippen LogP contribution in [0.5, 0.6) is 0 Å². The van der Waals surface area contributed by atoms with Gasteiger partial charge in [-0.15, -0.1) is 0 Å². The zero-order chi connectivity index (χ0) is 15.4. The highest BCUT2D eigenvalue weighted by Gasteiger charge is 2.64. The Bertz CT molecular complexity index is 655. The molecule has 22 heavy (non-hydrogen) atoms. The molecule has 0 aromatic heterocycles.